The first-order valence-corrected chi connectivity index (χ1v) is 32.9. The number of halogens is 6. The number of aryl methyl sites for hydroxylation is 2. The predicted octanol–water partition coefficient (Wildman–Crippen LogP) is 12.5. The Bertz CT molecular complexity index is 5280. The Morgan fingerprint density at radius 2 is 0.509 bits per heavy atom. The molecule has 0 aliphatic heterocycles. The van der Waals surface area contributed by atoms with Crippen molar-refractivity contribution in [3.05, 3.63) is 336 Å². The van der Waals surface area contributed by atoms with Gasteiger partial charge in [0.15, 0.2) is 11.9 Å². The molecule has 0 saturated heterocycles. The molecule has 16 aromatic rings. The van der Waals surface area contributed by atoms with Crippen LogP contribution < -0.4 is 0 Å². The Balaban J connectivity index is 0.000000175. The van der Waals surface area contributed by atoms with Gasteiger partial charge in [0, 0.05) is 70.0 Å². The molecule has 0 aliphatic carbocycles. The molecule has 0 aliphatic rings. The minimum absolute atomic E-state index is 0. The third-order valence-corrected chi connectivity index (χ3v) is 16.9. The van der Waals surface area contributed by atoms with Gasteiger partial charge >= 0.3 is 84.3 Å². The molecule has 16 heterocycles. The minimum Gasteiger partial charge on any atom is -0.344 e. The van der Waals surface area contributed by atoms with Crippen molar-refractivity contribution in [2.24, 2.45) is 0 Å². The van der Waals surface area contributed by atoms with Crippen LogP contribution in [0.1, 0.15) is 118 Å². The summed E-state index contributed by atoms with van der Waals surface area (Å²) >= 11 is 0. The Morgan fingerprint density at radius 1 is 0.286 bits per heavy atom. The van der Waals surface area contributed by atoms with Crippen molar-refractivity contribution in [3.63, 3.8) is 0 Å². The summed E-state index contributed by atoms with van der Waals surface area (Å²) in [5, 5.41) is 31.1. The van der Waals surface area contributed by atoms with Crippen LogP contribution in [0.25, 0.3) is 46.5 Å². The standard InChI is InChI=1S/C21H20N6.C19H12F4N6.C19H14F2N6.C19H16N6.4Pt/c1-15-11-22-26(13-15)19-9-5-7-17(24-19)21(3,4)18-8-6-10-20(25-18)27-14-16(2)12-23-27;1-19(2,13-5-3-7-15(24-13)28-9-11(20)17(22)26-28)14-6-4-8-16(25-14)29-10-12(21)18(23)27-29;1-19(2,15-5-3-7-17(24-15)26-11-13(20)9-22-26)16-6-4-8-18(25-16)27-12-14(21)10-23-27;1-19(2,15-7-3-9-17(22-15)24-13-5-11-20-24)16-8-4-10-18(23-16)25-14-6-12-21-25;;;;/h5-12H,1-4H3;3-8H,1-2H3;3-10H,1-2H3;3-12H,1-2H3;;;;/q4*-2;4*+2/i;;;5D,6D,11D,12D;;;;. The summed E-state index contributed by atoms with van der Waals surface area (Å²) < 4.78 is 120. The predicted molar refractivity (Wildman–Crippen MR) is 379 cm³/mol. The van der Waals surface area contributed by atoms with Gasteiger partial charge < -0.3 is 37.5 Å². The molecule has 576 valence electrons. The second-order valence-corrected chi connectivity index (χ2v) is 26.1. The number of hydrogen-bond acceptors (Lipinski definition) is 16. The number of pyridine rings is 8. The van der Waals surface area contributed by atoms with Crippen LogP contribution in [0.3, 0.4) is 0 Å². The average Bonchev–Trinajstić information content (AvgIpc) is 1.32. The summed E-state index contributed by atoms with van der Waals surface area (Å²) in [6.45, 7) is 19.7. The second-order valence-electron chi connectivity index (χ2n) is 26.1. The van der Waals surface area contributed by atoms with Crippen LogP contribution >= 0.6 is 0 Å². The zero-order chi connectivity index (χ0) is 79.6. The summed E-state index contributed by atoms with van der Waals surface area (Å²) in [5.74, 6) is -2.47. The van der Waals surface area contributed by atoms with Crippen LogP contribution in [-0.4, -0.2) is 118 Å². The number of rotatable bonds is 16. The largest absolute Gasteiger partial charge is 2.00 e. The van der Waals surface area contributed by atoms with Gasteiger partial charge in [-0.05, 0) is 156 Å². The third kappa shape index (κ3) is 19.2. The van der Waals surface area contributed by atoms with E-state index in [9.17, 15) is 26.3 Å². The molecule has 0 atom stereocenters. The van der Waals surface area contributed by atoms with Crippen molar-refractivity contribution in [1.29, 1.82) is 0 Å². The zero-order valence-corrected chi connectivity index (χ0v) is 69.5. The van der Waals surface area contributed by atoms with E-state index in [-0.39, 0.29) is 120 Å². The fourth-order valence-electron chi connectivity index (χ4n) is 10.8. The molecule has 16 aromatic heterocycles. The molecule has 0 amide bonds. The first-order valence-electron chi connectivity index (χ1n) is 34.9. The molecule has 0 radical (unpaired) electrons. The van der Waals surface area contributed by atoms with Crippen molar-refractivity contribution >= 4 is 0 Å². The first kappa shape index (κ1) is 79.3. The quantitative estimate of drug-likeness (QED) is 0.0644. The molecule has 0 saturated carbocycles. The van der Waals surface area contributed by atoms with E-state index in [0.717, 1.165) is 55.9 Å². The summed E-state index contributed by atoms with van der Waals surface area (Å²) in [4.78, 5) is 36.9. The van der Waals surface area contributed by atoms with E-state index < -0.39 is 56.8 Å². The summed E-state index contributed by atoms with van der Waals surface area (Å²) in [5.41, 5.74) is 5.32. The van der Waals surface area contributed by atoms with Crippen LogP contribution in [0.5, 0.6) is 0 Å². The van der Waals surface area contributed by atoms with E-state index in [1.54, 1.807) is 70.3 Å². The van der Waals surface area contributed by atoms with E-state index in [1.165, 1.54) is 30.9 Å². The molecular weight excluding hydrogens is 2170 g/mol. The van der Waals surface area contributed by atoms with Gasteiger partial charge in [0.2, 0.25) is 0 Å². The average molecular weight is 2230 g/mol. The van der Waals surface area contributed by atoms with Crippen molar-refractivity contribution in [1.82, 2.24) is 118 Å². The van der Waals surface area contributed by atoms with Crippen LogP contribution in [0, 0.1) is 98.6 Å². The molecule has 0 fully saturated rings. The molecule has 0 spiro atoms. The number of hydrogen-bond donors (Lipinski definition) is 0. The van der Waals surface area contributed by atoms with E-state index in [2.05, 4.69) is 134 Å². The maximum Gasteiger partial charge on any atom is 2.00 e. The molecule has 112 heavy (non-hydrogen) atoms. The Labute approximate surface area is 702 Å². The molecule has 34 heteroatoms. The van der Waals surface area contributed by atoms with Gasteiger partial charge in [0.25, 0.3) is 0 Å². The molecule has 0 N–H and O–H groups in total. The van der Waals surface area contributed by atoms with Gasteiger partial charge in [-0.3, -0.25) is 79.2 Å². The topological polar surface area (TPSA) is 246 Å². The van der Waals surface area contributed by atoms with Crippen molar-refractivity contribution in [3.8, 4) is 46.5 Å². The Hall–Kier alpha value is -10.8. The summed E-state index contributed by atoms with van der Waals surface area (Å²) in [6, 6.07) is 43.1. The van der Waals surface area contributed by atoms with Crippen LogP contribution in [0.4, 0.5) is 26.3 Å². The monoisotopic (exact) mass is 2230 g/mol. The smallest absolute Gasteiger partial charge is 0.344 e. The molecule has 0 bridgehead atoms. The van der Waals surface area contributed by atoms with E-state index in [1.807, 2.05) is 140 Å². The SMILES string of the molecule is CC(C)(c1cccc(-n2[c-]c(F)c(F)n2)n1)c1cccc(-n2[c-]c(F)c(F)n2)n1.CC(C)(c1cccc(-n2[c-]c(F)cn2)n1)c1cccc(-n2[c-]c(F)cn2)n1.Cc1[c-]n(-c2cccc(C(C)(C)c3cccc(-n4[c-]c(C)cn4)n3)n2)nc1.[2H]c1[c-]n(-c2cccc(C(C)(C)c3cccc(-n4[c-]c([2H])c([2H])n4)n3)n2)nc1[2H].[Pt+2].[Pt+2].[Pt+2].[Pt+2]. The normalized spacial score (nSPS) is 11.8. The fraction of sp³-hybridized carbons (Fsp3) is 0.179. The van der Waals surface area contributed by atoms with Crippen LogP contribution in [-0.2, 0) is 106 Å². The van der Waals surface area contributed by atoms with E-state index >= 15 is 0 Å². The fourth-order valence-corrected chi connectivity index (χ4v) is 10.8. The van der Waals surface area contributed by atoms with Gasteiger partial charge in [0.05, 0.1) is 69.8 Å². The third-order valence-electron chi connectivity index (χ3n) is 16.9. The summed E-state index contributed by atoms with van der Waals surface area (Å²) in [7, 11) is 0. The number of aromatic nitrogens is 24. The maximum absolute atomic E-state index is 13.2. The second kappa shape index (κ2) is 36.1. The molecule has 0 aromatic carbocycles. The van der Waals surface area contributed by atoms with Gasteiger partial charge in [-0.2, -0.15) is 0 Å². The van der Waals surface area contributed by atoms with Gasteiger partial charge in [-0.15, -0.1) is 23.2 Å². The van der Waals surface area contributed by atoms with E-state index in [4.69, 9.17) is 15.5 Å². The summed E-state index contributed by atoms with van der Waals surface area (Å²) in [6.07, 6.45) is 26.2. The number of nitrogens with zero attached hydrogens (tertiary/aromatic N) is 24. The van der Waals surface area contributed by atoms with Crippen molar-refractivity contribution < 1.29 is 116 Å². The van der Waals surface area contributed by atoms with Crippen molar-refractivity contribution in [2.45, 2.75) is 90.9 Å². The van der Waals surface area contributed by atoms with Crippen molar-refractivity contribution in [2.75, 3.05) is 0 Å². The maximum atomic E-state index is 13.2. The van der Waals surface area contributed by atoms with Crippen LogP contribution in [0.2, 0.25) is 0 Å². The first-order chi connectivity index (χ1) is 53.4. The van der Waals surface area contributed by atoms with Gasteiger partial charge in [-0.1, -0.05) is 148 Å². The Morgan fingerprint density at radius 3 is 0.696 bits per heavy atom. The Kier molecular flexibility index (Phi) is 25.6. The van der Waals surface area contributed by atoms with Crippen LogP contribution in [0.15, 0.2) is 195 Å². The van der Waals surface area contributed by atoms with Gasteiger partial charge in [-0.25, -0.2) is 27.8 Å². The molecule has 16 rings (SSSR count). The molecule has 24 nitrogen and oxygen atoms in total. The minimum atomic E-state index is -1.28. The molecule has 0 unspecified atom stereocenters. The van der Waals surface area contributed by atoms with E-state index in [0.29, 0.717) is 57.4 Å². The molecular formula is C78H62F6N24Pt4. The zero-order valence-electron chi connectivity index (χ0n) is 64.4. The van der Waals surface area contributed by atoms with Gasteiger partial charge in [0.1, 0.15) is 0 Å².